The SMILES string of the molecule is CC(C)(C)C1=CC(=C(C#N)C#N)C=C(CCc2cc3c4c(c2)C(C)(C)CCN4CCC3(C)C)O1. The van der Waals surface area contributed by atoms with Gasteiger partial charge in [0, 0.05) is 36.2 Å². The molecule has 0 radical (unpaired) electrons. The lowest BCUT2D eigenvalue weighted by Gasteiger charge is -2.48. The van der Waals surface area contributed by atoms with Crippen LogP contribution in [0.3, 0.4) is 0 Å². The third kappa shape index (κ3) is 4.39. The number of rotatable bonds is 3. The molecule has 0 bridgehead atoms. The zero-order valence-corrected chi connectivity index (χ0v) is 21.8. The third-order valence-electron chi connectivity index (χ3n) is 7.71. The van der Waals surface area contributed by atoms with Gasteiger partial charge in [0.25, 0.3) is 0 Å². The molecule has 0 N–H and O–H groups in total. The van der Waals surface area contributed by atoms with Crippen molar-refractivity contribution in [2.45, 2.75) is 85.0 Å². The van der Waals surface area contributed by atoms with Gasteiger partial charge in [-0.05, 0) is 58.9 Å². The van der Waals surface area contributed by atoms with Gasteiger partial charge in [-0.2, -0.15) is 10.5 Å². The maximum atomic E-state index is 9.42. The van der Waals surface area contributed by atoms with E-state index >= 15 is 0 Å². The highest BCUT2D eigenvalue weighted by molar-refractivity contribution is 5.68. The van der Waals surface area contributed by atoms with E-state index in [1.165, 1.54) is 35.2 Å². The van der Waals surface area contributed by atoms with Crippen LogP contribution in [0.15, 0.2) is 46.9 Å². The van der Waals surface area contributed by atoms with E-state index in [2.05, 4.69) is 65.5 Å². The van der Waals surface area contributed by atoms with Crippen LogP contribution in [0.4, 0.5) is 5.69 Å². The summed E-state index contributed by atoms with van der Waals surface area (Å²) < 4.78 is 6.28. The molecule has 0 aromatic heterocycles. The van der Waals surface area contributed by atoms with Crippen molar-refractivity contribution in [1.82, 2.24) is 0 Å². The lowest BCUT2D eigenvalue weighted by molar-refractivity contribution is 0.205. The molecule has 4 rings (SSSR count). The summed E-state index contributed by atoms with van der Waals surface area (Å²) in [6.07, 6.45) is 7.65. The Bertz CT molecular complexity index is 1130. The van der Waals surface area contributed by atoms with Crippen LogP contribution in [0.2, 0.25) is 0 Å². The number of benzene rings is 1. The molecule has 3 aliphatic rings. The molecule has 178 valence electrons. The minimum absolute atomic E-state index is 0.129. The molecule has 0 unspecified atom stereocenters. The van der Waals surface area contributed by atoms with Crippen LogP contribution >= 0.6 is 0 Å². The number of anilines is 1. The van der Waals surface area contributed by atoms with E-state index < -0.39 is 0 Å². The van der Waals surface area contributed by atoms with Crippen molar-refractivity contribution >= 4 is 5.69 Å². The molecule has 0 fully saturated rings. The summed E-state index contributed by atoms with van der Waals surface area (Å²) in [6, 6.07) is 8.91. The van der Waals surface area contributed by atoms with Crippen LogP contribution in [-0.2, 0) is 22.0 Å². The molecule has 34 heavy (non-hydrogen) atoms. The van der Waals surface area contributed by atoms with Crippen LogP contribution in [-0.4, -0.2) is 13.1 Å². The Balaban J connectivity index is 1.69. The topological polar surface area (TPSA) is 60.0 Å². The minimum atomic E-state index is -0.214. The molecule has 0 amide bonds. The molecule has 1 aromatic carbocycles. The van der Waals surface area contributed by atoms with Crippen LogP contribution in [0.25, 0.3) is 0 Å². The van der Waals surface area contributed by atoms with Crippen molar-refractivity contribution in [3.05, 3.63) is 63.6 Å². The largest absolute Gasteiger partial charge is 0.465 e. The lowest BCUT2D eigenvalue weighted by atomic mass is 9.69. The molecular weight excluding hydrogens is 418 g/mol. The second-order valence-corrected chi connectivity index (χ2v) is 12.3. The fraction of sp³-hybridized carbons (Fsp3) is 0.533. The quantitative estimate of drug-likeness (QED) is 0.462. The monoisotopic (exact) mass is 455 g/mol. The first-order valence-electron chi connectivity index (χ1n) is 12.4. The predicted octanol–water partition coefficient (Wildman–Crippen LogP) is 6.98. The number of allylic oxidation sites excluding steroid dienone is 6. The molecule has 4 heteroatoms. The van der Waals surface area contributed by atoms with E-state index in [4.69, 9.17) is 4.74 Å². The maximum Gasteiger partial charge on any atom is 0.137 e. The third-order valence-corrected chi connectivity index (χ3v) is 7.71. The van der Waals surface area contributed by atoms with E-state index in [0.717, 1.165) is 37.4 Å². The van der Waals surface area contributed by atoms with Crippen molar-refractivity contribution in [3.8, 4) is 12.1 Å². The van der Waals surface area contributed by atoms with Crippen molar-refractivity contribution in [1.29, 1.82) is 10.5 Å². The van der Waals surface area contributed by atoms with Gasteiger partial charge in [-0.1, -0.05) is 60.6 Å². The molecule has 4 nitrogen and oxygen atoms in total. The first-order chi connectivity index (χ1) is 15.9. The van der Waals surface area contributed by atoms with Crippen molar-refractivity contribution < 1.29 is 4.74 Å². The van der Waals surface area contributed by atoms with E-state index in [0.29, 0.717) is 5.57 Å². The number of ether oxygens (including phenoxy) is 1. The Morgan fingerprint density at radius 3 is 2.00 bits per heavy atom. The second-order valence-electron chi connectivity index (χ2n) is 12.3. The smallest absolute Gasteiger partial charge is 0.137 e. The van der Waals surface area contributed by atoms with Crippen molar-refractivity contribution in [2.24, 2.45) is 5.41 Å². The Kier molecular flexibility index (Phi) is 5.93. The average molecular weight is 456 g/mol. The first kappa shape index (κ1) is 24.2. The van der Waals surface area contributed by atoms with Crippen molar-refractivity contribution in [2.75, 3.05) is 18.0 Å². The highest BCUT2D eigenvalue weighted by Crippen LogP contribution is 2.49. The molecular formula is C30H37N3O. The summed E-state index contributed by atoms with van der Waals surface area (Å²) in [4.78, 5) is 2.60. The molecule has 3 aliphatic heterocycles. The van der Waals surface area contributed by atoms with Gasteiger partial charge in [-0.25, -0.2) is 0 Å². The van der Waals surface area contributed by atoms with Gasteiger partial charge in [0.15, 0.2) is 0 Å². The molecule has 0 atom stereocenters. The Hall–Kier alpha value is -2.98. The summed E-state index contributed by atoms with van der Waals surface area (Å²) in [6.45, 7) is 18.0. The molecule has 3 heterocycles. The summed E-state index contributed by atoms with van der Waals surface area (Å²) in [5.74, 6) is 1.61. The van der Waals surface area contributed by atoms with E-state index in [1.807, 2.05) is 24.3 Å². The lowest BCUT2D eigenvalue weighted by Crippen LogP contribution is -2.44. The molecule has 1 aromatic rings. The zero-order chi connectivity index (χ0) is 24.9. The van der Waals surface area contributed by atoms with Crippen LogP contribution in [0, 0.1) is 28.1 Å². The van der Waals surface area contributed by atoms with Gasteiger partial charge in [-0.15, -0.1) is 0 Å². The predicted molar refractivity (Wildman–Crippen MR) is 137 cm³/mol. The van der Waals surface area contributed by atoms with Gasteiger partial charge < -0.3 is 9.64 Å². The average Bonchev–Trinajstić information content (AvgIpc) is 2.76. The highest BCUT2D eigenvalue weighted by atomic mass is 16.5. The number of nitriles is 2. The summed E-state index contributed by atoms with van der Waals surface area (Å²) in [7, 11) is 0. The molecule has 0 saturated heterocycles. The highest BCUT2D eigenvalue weighted by Gasteiger charge is 2.40. The number of hydrogen-bond donors (Lipinski definition) is 0. The fourth-order valence-corrected chi connectivity index (χ4v) is 5.26. The maximum absolute atomic E-state index is 9.42. The number of hydrogen-bond acceptors (Lipinski definition) is 4. The van der Waals surface area contributed by atoms with Gasteiger partial charge >= 0.3 is 0 Å². The summed E-state index contributed by atoms with van der Waals surface area (Å²) in [5, 5.41) is 18.8. The van der Waals surface area contributed by atoms with E-state index in [9.17, 15) is 10.5 Å². The number of aryl methyl sites for hydroxylation is 1. The van der Waals surface area contributed by atoms with Gasteiger partial charge in [0.2, 0.25) is 0 Å². The van der Waals surface area contributed by atoms with Gasteiger partial charge in [0.05, 0.1) is 0 Å². The number of nitrogens with zero attached hydrogens (tertiary/aromatic N) is 3. The summed E-state index contributed by atoms with van der Waals surface area (Å²) >= 11 is 0. The van der Waals surface area contributed by atoms with Gasteiger partial charge in [-0.3, -0.25) is 0 Å². The van der Waals surface area contributed by atoms with Crippen LogP contribution in [0.1, 0.15) is 84.4 Å². The van der Waals surface area contributed by atoms with Crippen LogP contribution in [0.5, 0.6) is 0 Å². The zero-order valence-electron chi connectivity index (χ0n) is 21.8. The standard InChI is InChI=1S/C30H37N3O/c1-28(2,3)26-17-21(22(18-31)19-32)16-23(34-26)9-8-20-14-24-27-25(15-20)30(6,7)11-13-33(27)12-10-29(24,4)5/h14-17H,8-13H2,1-7H3. The van der Waals surface area contributed by atoms with Crippen molar-refractivity contribution in [3.63, 3.8) is 0 Å². The first-order valence-corrected chi connectivity index (χ1v) is 12.4. The van der Waals surface area contributed by atoms with E-state index in [-0.39, 0.29) is 21.8 Å². The molecule has 0 saturated carbocycles. The van der Waals surface area contributed by atoms with Crippen LogP contribution < -0.4 is 4.90 Å². The normalized spacial score (nSPS) is 20.3. The Labute approximate surface area is 205 Å². The van der Waals surface area contributed by atoms with Gasteiger partial charge in [0.1, 0.15) is 29.2 Å². The fourth-order valence-electron chi connectivity index (χ4n) is 5.26. The molecule has 0 aliphatic carbocycles. The summed E-state index contributed by atoms with van der Waals surface area (Å²) in [5.41, 5.74) is 6.65. The minimum Gasteiger partial charge on any atom is -0.465 e. The second kappa shape index (κ2) is 8.35. The Morgan fingerprint density at radius 2 is 1.50 bits per heavy atom. The Morgan fingerprint density at radius 1 is 0.941 bits per heavy atom. The van der Waals surface area contributed by atoms with E-state index in [1.54, 1.807) is 0 Å². The molecule has 0 spiro atoms.